The molecule has 0 aromatic heterocycles. The van der Waals surface area contributed by atoms with E-state index in [1.807, 2.05) is 0 Å². The van der Waals surface area contributed by atoms with Crippen LogP contribution >= 0.6 is 0 Å². The lowest BCUT2D eigenvalue weighted by Crippen LogP contribution is -2.21. The van der Waals surface area contributed by atoms with Crippen LogP contribution in [0.25, 0.3) is 0 Å². The first-order valence-corrected chi connectivity index (χ1v) is 5.93. The van der Waals surface area contributed by atoms with Gasteiger partial charge >= 0.3 is 6.36 Å². The van der Waals surface area contributed by atoms with Crippen LogP contribution in [0.4, 0.5) is 13.2 Å². The molecule has 0 spiro atoms. The molecule has 6 heteroatoms. The van der Waals surface area contributed by atoms with Crippen molar-refractivity contribution in [1.82, 2.24) is 0 Å². The van der Waals surface area contributed by atoms with Gasteiger partial charge in [0.1, 0.15) is 11.9 Å². The fourth-order valence-corrected chi connectivity index (χ4v) is 1.96. The lowest BCUT2D eigenvalue weighted by molar-refractivity contribution is -0.274. The molecule has 2 rings (SSSR count). The molecular formula is C13H13F3O3. The number of carbonyl (C=O) groups excluding carboxylic acids is 1. The van der Waals surface area contributed by atoms with Crippen LogP contribution in [0, 0.1) is 0 Å². The van der Waals surface area contributed by atoms with E-state index in [4.69, 9.17) is 4.74 Å². The number of hydrogen-bond acceptors (Lipinski definition) is 3. The van der Waals surface area contributed by atoms with E-state index in [0.29, 0.717) is 18.6 Å². The second kappa shape index (κ2) is 5.61. The second-order valence-corrected chi connectivity index (χ2v) is 4.34. The zero-order valence-corrected chi connectivity index (χ0v) is 10.1. The molecule has 3 nitrogen and oxygen atoms in total. The van der Waals surface area contributed by atoms with Gasteiger partial charge in [0.25, 0.3) is 0 Å². The summed E-state index contributed by atoms with van der Waals surface area (Å²) in [6, 6.07) is 5.30. The largest absolute Gasteiger partial charge is 0.573 e. The third-order valence-corrected chi connectivity index (χ3v) is 2.82. The Kier molecular flexibility index (Phi) is 4.09. The van der Waals surface area contributed by atoms with E-state index in [0.717, 1.165) is 6.42 Å². The molecule has 0 bridgehead atoms. The predicted molar refractivity (Wildman–Crippen MR) is 60.8 cm³/mol. The Hall–Kier alpha value is -1.56. The smallest absolute Gasteiger partial charge is 0.406 e. The van der Waals surface area contributed by atoms with Gasteiger partial charge in [0.05, 0.1) is 0 Å². The highest BCUT2D eigenvalue weighted by Crippen LogP contribution is 2.23. The maximum absolute atomic E-state index is 12.0. The molecule has 1 aromatic rings. The Morgan fingerprint density at radius 3 is 2.53 bits per heavy atom. The lowest BCUT2D eigenvalue weighted by Gasteiger charge is -2.10. The van der Waals surface area contributed by atoms with E-state index in [1.54, 1.807) is 0 Å². The quantitative estimate of drug-likeness (QED) is 0.847. The standard InChI is InChI=1S/C13H13F3O3/c14-13(15,16)19-10-5-3-9(4-6-10)8-11(17)12-2-1-7-18-12/h3-6,12H,1-2,7-8H2. The molecule has 1 aromatic carbocycles. The molecule has 1 aliphatic rings. The Balaban J connectivity index is 1.93. The Morgan fingerprint density at radius 1 is 1.32 bits per heavy atom. The van der Waals surface area contributed by atoms with E-state index in [2.05, 4.69) is 4.74 Å². The topological polar surface area (TPSA) is 35.5 Å². The molecule has 1 aliphatic heterocycles. The lowest BCUT2D eigenvalue weighted by atomic mass is 10.0. The number of carbonyl (C=O) groups is 1. The second-order valence-electron chi connectivity index (χ2n) is 4.34. The van der Waals surface area contributed by atoms with E-state index in [-0.39, 0.29) is 24.1 Å². The highest BCUT2D eigenvalue weighted by molar-refractivity contribution is 5.85. The summed E-state index contributed by atoms with van der Waals surface area (Å²) in [5.74, 6) is -0.331. The van der Waals surface area contributed by atoms with Crippen LogP contribution < -0.4 is 4.74 Å². The van der Waals surface area contributed by atoms with Crippen molar-refractivity contribution in [3.05, 3.63) is 29.8 Å². The number of halogens is 3. The molecule has 0 radical (unpaired) electrons. The van der Waals surface area contributed by atoms with Crippen LogP contribution in [0.5, 0.6) is 5.75 Å². The van der Waals surface area contributed by atoms with Gasteiger partial charge in [-0.15, -0.1) is 13.2 Å². The number of Topliss-reactive ketones (excluding diaryl/α,β-unsaturated/α-hetero) is 1. The average molecular weight is 274 g/mol. The van der Waals surface area contributed by atoms with Gasteiger partial charge in [-0.1, -0.05) is 12.1 Å². The molecule has 0 aliphatic carbocycles. The van der Waals surface area contributed by atoms with Crippen molar-refractivity contribution >= 4 is 5.78 Å². The Morgan fingerprint density at radius 2 is 2.00 bits per heavy atom. The summed E-state index contributed by atoms with van der Waals surface area (Å²) in [5.41, 5.74) is 0.648. The molecule has 0 amide bonds. The number of alkyl halides is 3. The zero-order valence-electron chi connectivity index (χ0n) is 10.1. The first-order valence-electron chi connectivity index (χ1n) is 5.93. The van der Waals surface area contributed by atoms with E-state index < -0.39 is 6.36 Å². The molecule has 1 heterocycles. The fourth-order valence-electron chi connectivity index (χ4n) is 1.96. The number of hydrogen-bond donors (Lipinski definition) is 0. The molecule has 0 saturated carbocycles. The maximum atomic E-state index is 12.0. The van der Waals surface area contributed by atoms with Gasteiger partial charge < -0.3 is 9.47 Å². The average Bonchev–Trinajstić information content (AvgIpc) is 2.83. The van der Waals surface area contributed by atoms with Crippen molar-refractivity contribution < 1.29 is 27.4 Å². The van der Waals surface area contributed by atoms with E-state index in [9.17, 15) is 18.0 Å². The third-order valence-electron chi connectivity index (χ3n) is 2.82. The molecule has 104 valence electrons. The fraction of sp³-hybridized carbons (Fsp3) is 0.462. The van der Waals surface area contributed by atoms with Gasteiger partial charge in [-0.2, -0.15) is 0 Å². The van der Waals surface area contributed by atoms with Crippen molar-refractivity contribution in [1.29, 1.82) is 0 Å². The normalized spacial score (nSPS) is 19.4. The van der Waals surface area contributed by atoms with Crippen LogP contribution in [0.15, 0.2) is 24.3 Å². The third kappa shape index (κ3) is 4.24. The first kappa shape index (κ1) is 13.9. The van der Waals surface area contributed by atoms with Gasteiger partial charge in [0.15, 0.2) is 5.78 Å². The number of ether oxygens (including phenoxy) is 2. The molecule has 1 saturated heterocycles. The van der Waals surface area contributed by atoms with Crippen LogP contribution in [-0.2, 0) is 16.0 Å². The maximum Gasteiger partial charge on any atom is 0.573 e. The highest BCUT2D eigenvalue weighted by atomic mass is 19.4. The summed E-state index contributed by atoms with van der Waals surface area (Å²) >= 11 is 0. The van der Waals surface area contributed by atoms with Gasteiger partial charge in [-0.05, 0) is 30.5 Å². The minimum absolute atomic E-state index is 0.0398. The van der Waals surface area contributed by atoms with E-state index >= 15 is 0 Å². The van der Waals surface area contributed by atoms with E-state index in [1.165, 1.54) is 24.3 Å². The summed E-state index contributed by atoms with van der Waals surface area (Å²) in [6.45, 7) is 0.592. The number of benzene rings is 1. The zero-order chi connectivity index (χ0) is 13.9. The SMILES string of the molecule is O=C(Cc1ccc(OC(F)(F)F)cc1)C1CCCO1. The van der Waals surface area contributed by atoms with Crippen LogP contribution in [-0.4, -0.2) is 24.9 Å². The summed E-state index contributed by atoms with van der Waals surface area (Å²) in [6.07, 6.45) is -3.32. The first-order chi connectivity index (χ1) is 8.94. The summed E-state index contributed by atoms with van der Waals surface area (Å²) in [7, 11) is 0. The van der Waals surface area contributed by atoms with Crippen molar-refractivity contribution in [3.8, 4) is 5.75 Å². The molecule has 0 N–H and O–H groups in total. The van der Waals surface area contributed by atoms with Crippen molar-refractivity contribution in [2.45, 2.75) is 31.7 Å². The van der Waals surface area contributed by atoms with Gasteiger partial charge in [-0.3, -0.25) is 4.79 Å². The van der Waals surface area contributed by atoms with Crippen molar-refractivity contribution in [3.63, 3.8) is 0 Å². The molecule has 19 heavy (non-hydrogen) atoms. The van der Waals surface area contributed by atoms with Crippen LogP contribution in [0.3, 0.4) is 0 Å². The van der Waals surface area contributed by atoms with Crippen LogP contribution in [0.2, 0.25) is 0 Å². The minimum Gasteiger partial charge on any atom is -0.406 e. The molecule has 1 atom stereocenters. The van der Waals surface area contributed by atoms with Crippen molar-refractivity contribution in [2.75, 3.05) is 6.61 Å². The molecule has 1 unspecified atom stereocenters. The predicted octanol–water partition coefficient (Wildman–Crippen LogP) is 2.88. The van der Waals surface area contributed by atoms with Gasteiger partial charge in [-0.25, -0.2) is 0 Å². The molecular weight excluding hydrogens is 261 g/mol. The Labute approximate surface area is 108 Å². The summed E-state index contributed by atoms with van der Waals surface area (Å²) < 4.78 is 44.9. The van der Waals surface area contributed by atoms with Gasteiger partial charge in [0.2, 0.25) is 0 Å². The minimum atomic E-state index is -4.70. The summed E-state index contributed by atoms with van der Waals surface area (Å²) in [4.78, 5) is 11.8. The van der Waals surface area contributed by atoms with Gasteiger partial charge in [0, 0.05) is 13.0 Å². The van der Waals surface area contributed by atoms with Crippen molar-refractivity contribution in [2.24, 2.45) is 0 Å². The summed E-state index contributed by atoms with van der Waals surface area (Å²) in [5, 5.41) is 0. The monoisotopic (exact) mass is 274 g/mol. The number of rotatable bonds is 4. The molecule has 1 fully saturated rings. The van der Waals surface area contributed by atoms with Crippen LogP contribution in [0.1, 0.15) is 18.4 Å². The number of ketones is 1. The Bertz CT molecular complexity index is 433. The highest BCUT2D eigenvalue weighted by Gasteiger charge is 2.31.